The summed E-state index contributed by atoms with van der Waals surface area (Å²) in [6.07, 6.45) is -2.89. The zero-order valence-electron chi connectivity index (χ0n) is 9.81. The van der Waals surface area contributed by atoms with Crippen LogP contribution in [0.25, 0.3) is 0 Å². The molecule has 0 amide bonds. The van der Waals surface area contributed by atoms with Crippen molar-refractivity contribution in [2.45, 2.75) is 30.3 Å². The Bertz CT molecular complexity index is 494. The molecule has 0 aliphatic heterocycles. The fourth-order valence-electron chi connectivity index (χ4n) is 1.85. The summed E-state index contributed by atoms with van der Waals surface area (Å²) in [5, 5.41) is 0. The Hall–Kier alpha value is -0.910. The molecule has 0 spiro atoms. The highest BCUT2D eigenvalue weighted by atomic mass is 79.9. The summed E-state index contributed by atoms with van der Waals surface area (Å²) < 4.78 is 50.7. The van der Waals surface area contributed by atoms with E-state index < -0.39 is 22.4 Å². The predicted molar refractivity (Wildman–Crippen MR) is 65.6 cm³/mol. The molecule has 1 aliphatic carbocycles. The fraction of sp³-hybridized carbons (Fsp3) is 0.462. The van der Waals surface area contributed by atoms with E-state index in [1.165, 1.54) is 6.07 Å². The average Bonchev–Trinajstić information content (AvgIpc) is 3.13. The number of benzene rings is 1. The Balaban J connectivity index is 2.14. The maximum absolute atomic E-state index is 13.1. The Morgan fingerprint density at radius 1 is 1.37 bits per heavy atom. The molecule has 0 radical (unpaired) electrons. The topological polar surface area (TPSA) is 17.1 Å². The standard InChI is InChI=1S/C13H11BrF4O/c14-10(12(19)8-2-3-8)6-7-1-4-11(15)9(5-7)13(16,17)18/h1,4-5,8,10H,2-3,6H2. The van der Waals surface area contributed by atoms with Gasteiger partial charge in [-0.2, -0.15) is 13.2 Å². The zero-order valence-corrected chi connectivity index (χ0v) is 11.4. The second kappa shape index (κ2) is 5.23. The number of hydrogen-bond acceptors (Lipinski definition) is 1. The molecule has 1 aromatic rings. The van der Waals surface area contributed by atoms with Crippen LogP contribution in [0.5, 0.6) is 0 Å². The summed E-state index contributed by atoms with van der Waals surface area (Å²) in [6, 6.07) is 2.84. The highest BCUT2D eigenvalue weighted by Crippen LogP contribution is 2.35. The van der Waals surface area contributed by atoms with E-state index in [1.807, 2.05) is 0 Å². The van der Waals surface area contributed by atoms with E-state index in [4.69, 9.17) is 0 Å². The van der Waals surface area contributed by atoms with Gasteiger partial charge in [0.05, 0.1) is 10.4 Å². The van der Waals surface area contributed by atoms with Crippen molar-refractivity contribution in [2.75, 3.05) is 0 Å². The van der Waals surface area contributed by atoms with Gasteiger partial charge in [-0.25, -0.2) is 4.39 Å². The van der Waals surface area contributed by atoms with Gasteiger partial charge in [-0.1, -0.05) is 22.0 Å². The van der Waals surface area contributed by atoms with Crippen LogP contribution in [-0.4, -0.2) is 10.6 Å². The number of Topliss-reactive ketones (excluding diaryl/α,β-unsaturated/α-hetero) is 1. The number of alkyl halides is 4. The Morgan fingerprint density at radius 3 is 2.53 bits per heavy atom. The molecule has 1 saturated carbocycles. The van der Waals surface area contributed by atoms with Crippen molar-refractivity contribution in [3.8, 4) is 0 Å². The van der Waals surface area contributed by atoms with Crippen LogP contribution in [-0.2, 0) is 17.4 Å². The quantitative estimate of drug-likeness (QED) is 0.596. The molecular weight excluding hydrogens is 328 g/mol. The highest BCUT2D eigenvalue weighted by Gasteiger charge is 2.36. The van der Waals surface area contributed by atoms with Crippen molar-refractivity contribution in [1.82, 2.24) is 0 Å². The Kier molecular flexibility index (Phi) is 3.99. The molecule has 0 aromatic heterocycles. The minimum atomic E-state index is -4.72. The third kappa shape index (κ3) is 3.55. The average molecular weight is 339 g/mol. The summed E-state index contributed by atoms with van der Waals surface area (Å²) in [5.74, 6) is -1.25. The van der Waals surface area contributed by atoms with Crippen molar-refractivity contribution in [3.63, 3.8) is 0 Å². The minimum Gasteiger partial charge on any atom is -0.298 e. The second-order valence-electron chi connectivity index (χ2n) is 4.66. The van der Waals surface area contributed by atoms with E-state index >= 15 is 0 Å². The first kappa shape index (κ1) is 14.5. The van der Waals surface area contributed by atoms with E-state index in [-0.39, 0.29) is 18.1 Å². The predicted octanol–water partition coefficient (Wildman–Crippen LogP) is 4.13. The number of ketones is 1. The van der Waals surface area contributed by atoms with Gasteiger partial charge in [0, 0.05) is 5.92 Å². The highest BCUT2D eigenvalue weighted by molar-refractivity contribution is 9.10. The van der Waals surface area contributed by atoms with Crippen molar-refractivity contribution >= 4 is 21.7 Å². The lowest BCUT2D eigenvalue weighted by Crippen LogP contribution is -2.19. The molecule has 1 nitrogen and oxygen atoms in total. The van der Waals surface area contributed by atoms with Crippen LogP contribution in [0.15, 0.2) is 18.2 Å². The van der Waals surface area contributed by atoms with Gasteiger partial charge >= 0.3 is 6.18 Å². The lowest BCUT2D eigenvalue weighted by molar-refractivity contribution is -0.140. The van der Waals surface area contributed by atoms with Crippen molar-refractivity contribution in [3.05, 3.63) is 35.1 Å². The lowest BCUT2D eigenvalue weighted by atomic mass is 10.0. The molecule has 0 bridgehead atoms. The maximum atomic E-state index is 13.1. The van der Waals surface area contributed by atoms with Crippen LogP contribution < -0.4 is 0 Å². The fourth-order valence-corrected chi connectivity index (χ4v) is 2.60. The summed E-state index contributed by atoms with van der Waals surface area (Å²) >= 11 is 3.19. The Morgan fingerprint density at radius 2 is 2.00 bits per heavy atom. The molecule has 19 heavy (non-hydrogen) atoms. The van der Waals surface area contributed by atoms with Gasteiger partial charge in [0.1, 0.15) is 11.6 Å². The molecule has 0 N–H and O–H groups in total. The van der Waals surface area contributed by atoms with E-state index in [1.54, 1.807) is 0 Å². The van der Waals surface area contributed by atoms with Crippen LogP contribution in [0.1, 0.15) is 24.0 Å². The third-order valence-corrected chi connectivity index (χ3v) is 3.81. The van der Waals surface area contributed by atoms with Crippen LogP contribution in [0.2, 0.25) is 0 Å². The van der Waals surface area contributed by atoms with Crippen LogP contribution >= 0.6 is 15.9 Å². The molecular formula is C13H11BrF4O. The number of rotatable bonds is 4. The van der Waals surface area contributed by atoms with Gasteiger partial charge in [-0.15, -0.1) is 0 Å². The molecule has 6 heteroatoms. The van der Waals surface area contributed by atoms with Crippen molar-refractivity contribution in [1.29, 1.82) is 0 Å². The second-order valence-corrected chi connectivity index (χ2v) is 5.77. The molecule has 1 aliphatic rings. The van der Waals surface area contributed by atoms with Gasteiger partial charge in [-0.05, 0) is 37.0 Å². The number of halogens is 5. The van der Waals surface area contributed by atoms with Gasteiger partial charge < -0.3 is 0 Å². The first-order valence-corrected chi connectivity index (χ1v) is 6.74. The largest absolute Gasteiger partial charge is 0.419 e. The van der Waals surface area contributed by atoms with E-state index in [0.29, 0.717) is 5.56 Å². The molecule has 104 valence electrons. The van der Waals surface area contributed by atoms with Crippen molar-refractivity contribution in [2.24, 2.45) is 5.92 Å². The summed E-state index contributed by atoms with van der Waals surface area (Å²) in [5.41, 5.74) is -0.992. The van der Waals surface area contributed by atoms with Gasteiger partial charge in [0.15, 0.2) is 0 Å². The molecule has 1 atom stereocenters. The van der Waals surface area contributed by atoms with E-state index in [9.17, 15) is 22.4 Å². The lowest BCUT2D eigenvalue weighted by Gasteiger charge is -2.12. The molecule has 1 fully saturated rings. The third-order valence-electron chi connectivity index (χ3n) is 3.04. The number of carbonyl (C=O) groups excluding carboxylic acids is 1. The number of carbonyl (C=O) groups is 1. The summed E-state index contributed by atoms with van der Waals surface area (Å²) in [4.78, 5) is 11.2. The molecule has 0 saturated heterocycles. The van der Waals surface area contributed by atoms with Gasteiger partial charge in [-0.3, -0.25) is 4.79 Å². The van der Waals surface area contributed by atoms with Crippen LogP contribution in [0, 0.1) is 11.7 Å². The molecule has 0 heterocycles. The van der Waals surface area contributed by atoms with E-state index in [0.717, 1.165) is 25.0 Å². The van der Waals surface area contributed by atoms with Crippen LogP contribution in [0.3, 0.4) is 0 Å². The van der Waals surface area contributed by atoms with Gasteiger partial charge in [0.25, 0.3) is 0 Å². The maximum Gasteiger partial charge on any atom is 0.419 e. The van der Waals surface area contributed by atoms with Crippen molar-refractivity contribution < 1.29 is 22.4 Å². The number of hydrogen-bond donors (Lipinski definition) is 0. The van der Waals surface area contributed by atoms with E-state index in [2.05, 4.69) is 15.9 Å². The zero-order chi connectivity index (χ0) is 14.2. The Labute approximate surface area is 116 Å². The monoisotopic (exact) mass is 338 g/mol. The van der Waals surface area contributed by atoms with Gasteiger partial charge in [0.2, 0.25) is 0 Å². The molecule has 2 rings (SSSR count). The SMILES string of the molecule is O=C(C(Br)Cc1ccc(F)c(C(F)(F)F)c1)C1CC1. The molecule has 1 unspecified atom stereocenters. The minimum absolute atomic E-state index is 0.0119. The first-order chi connectivity index (χ1) is 8.79. The summed E-state index contributed by atoms with van der Waals surface area (Å²) in [6.45, 7) is 0. The summed E-state index contributed by atoms with van der Waals surface area (Å²) in [7, 11) is 0. The van der Waals surface area contributed by atoms with Crippen LogP contribution in [0.4, 0.5) is 17.6 Å². The first-order valence-electron chi connectivity index (χ1n) is 5.82. The molecule has 1 aromatic carbocycles. The smallest absolute Gasteiger partial charge is 0.298 e. The normalized spacial score (nSPS) is 17.3.